The number of hydrogen-bond acceptors (Lipinski definition) is 5. The van der Waals surface area contributed by atoms with Crippen LogP contribution in [0.5, 0.6) is 0 Å². The number of anilines is 1. The largest absolute Gasteiger partial charge is 0.439 e. The molecular weight excluding hydrogens is 306 g/mol. The number of benzene rings is 1. The summed E-state index contributed by atoms with van der Waals surface area (Å²) in [6.45, 7) is 4.83. The molecule has 0 aromatic heterocycles. The van der Waals surface area contributed by atoms with Crippen molar-refractivity contribution in [1.29, 1.82) is 0 Å². The van der Waals surface area contributed by atoms with Crippen molar-refractivity contribution < 1.29 is 17.9 Å². The van der Waals surface area contributed by atoms with Crippen LogP contribution in [0.2, 0.25) is 0 Å². The van der Waals surface area contributed by atoms with Gasteiger partial charge in [-0.05, 0) is 31.5 Å². The molecule has 1 amide bonds. The van der Waals surface area contributed by atoms with E-state index in [1.54, 1.807) is 12.1 Å². The molecule has 0 radical (unpaired) electrons. The summed E-state index contributed by atoms with van der Waals surface area (Å²) in [7, 11) is -3.81. The first-order valence-corrected chi connectivity index (χ1v) is 8.64. The highest BCUT2D eigenvalue weighted by molar-refractivity contribution is 7.89. The number of nitrogens with one attached hydrogen (secondary N) is 1. The minimum atomic E-state index is -3.81. The molecule has 2 saturated heterocycles. The molecule has 120 valence electrons. The van der Waals surface area contributed by atoms with E-state index < -0.39 is 21.7 Å². The van der Waals surface area contributed by atoms with Gasteiger partial charge >= 0.3 is 6.09 Å². The number of hydrogen-bond donors (Lipinski definition) is 2. The van der Waals surface area contributed by atoms with Crippen LogP contribution in [0.3, 0.4) is 0 Å². The van der Waals surface area contributed by atoms with Crippen LogP contribution < -0.4 is 15.4 Å². The summed E-state index contributed by atoms with van der Waals surface area (Å²) in [5.41, 5.74) is 0.892. The molecule has 2 fully saturated rings. The topological polar surface area (TPSA) is 102 Å². The van der Waals surface area contributed by atoms with Crippen LogP contribution in [0.1, 0.15) is 18.9 Å². The lowest BCUT2D eigenvalue weighted by molar-refractivity contribution is 0.0584. The van der Waals surface area contributed by atoms with Crippen molar-refractivity contribution in [3.05, 3.63) is 23.8 Å². The quantitative estimate of drug-likeness (QED) is 0.834. The Bertz CT molecular complexity index is 734. The first kappa shape index (κ1) is 15.1. The van der Waals surface area contributed by atoms with Crippen molar-refractivity contribution in [2.75, 3.05) is 18.0 Å². The van der Waals surface area contributed by atoms with Gasteiger partial charge in [0.1, 0.15) is 4.90 Å². The molecule has 1 aromatic rings. The summed E-state index contributed by atoms with van der Waals surface area (Å²) in [5.74, 6) is 0. The first-order valence-electron chi connectivity index (χ1n) is 7.09. The Labute approximate surface area is 129 Å². The second-order valence-electron chi connectivity index (χ2n) is 6.01. The molecule has 2 aliphatic heterocycles. The molecule has 2 aliphatic rings. The minimum Gasteiger partial charge on any atom is -0.439 e. The standard InChI is InChI=1S/C14H19N3O4S/c1-9-3-4-12(22(15,19)20)11(7-9)17-6-5-14(8-17)10(2)16-13(18)21-14/h3-4,7,10H,5-6,8H2,1-2H3,(H,16,18)(H2,15,19,20). The van der Waals surface area contributed by atoms with Crippen LogP contribution in [0.4, 0.5) is 10.5 Å². The molecule has 0 saturated carbocycles. The smallest absolute Gasteiger partial charge is 0.408 e. The monoisotopic (exact) mass is 325 g/mol. The number of sulfonamides is 1. The average Bonchev–Trinajstić information content (AvgIpc) is 2.93. The molecule has 2 atom stereocenters. The molecule has 2 unspecified atom stereocenters. The number of carbonyl (C=O) groups excluding carboxylic acids is 1. The Morgan fingerprint density at radius 1 is 1.45 bits per heavy atom. The average molecular weight is 325 g/mol. The Balaban J connectivity index is 1.97. The molecular formula is C14H19N3O4S. The predicted octanol–water partition coefficient (Wildman–Crippen LogP) is 0.720. The van der Waals surface area contributed by atoms with E-state index >= 15 is 0 Å². The van der Waals surface area contributed by atoms with Crippen LogP contribution in [0.15, 0.2) is 23.1 Å². The zero-order valence-corrected chi connectivity index (χ0v) is 13.3. The van der Waals surface area contributed by atoms with E-state index in [1.165, 1.54) is 6.07 Å². The summed E-state index contributed by atoms with van der Waals surface area (Å²) in [6, 6.07) is 4.92. The molecule has 1 aromatic carbocycles. The van der Waals surface area contributed by atoms with E-state index in [2.05, 4.69) is 5.32 Å². The summed E-state index contributed by atoms with van der Waals surface area (Å²) in [6.07, 6.45) is 0.218. The van der Waals surface area contributed by atoms with Gasteiger partial charge in [0.15, 0.2) is 5.60 Å². The number of aryl methyl sites for hydroxylation is 1. The summed E-state index contributed by atoms with van der Waals surface area (Å²) >= 11 is 0. The third-order valence-electron chi connectivity index (χ3n) is 4.44. The van der Waals surface area contributed by atoms with Crippen molar-refractivity contribution in [3.63, 3.8) is 0 Å². The maximum Gasteiger partial charge on any atom is 0.408 e. The molecule has 22 heavy (non-hydrogen) atoms. The van der Waals surface area contributed by atoms with Crippen molar-refractivity contribution in [2.24, 2.45) is 5.14 Å². The van der Waals surface area contributed by atoms with Gasteiger partial charge in [-0.3, -0.25) is 0 Å². The number of nitrogens with two attached hydrogens (primary N) is 1. The molecule has 3 N–H and O–H groups in total. The lowest BCUT2D eigenvalue weighted by Gasteiger charge is -2.27. The lowest BCUT2D eigenvalue weighted by atomic mass is 9.95. The highest BCUT2D eigenvalue weighted by Gasteiger charge is 2.51. The van der Waals surface area contributed by atoms with Gasteiger partial charge in [0.25, 0.3) is 0 Å². The highest BCUT2D eigenvalue weighted by Crippen LogP contribution is 2.37. The molecule has 0 aliphatic carbocycles. The molecule has 0 bridgehead atoms. The Morgan fingerprint density at radius 2 is 2.18 bits per heavy atom. The maximum absolute atomic E-state index is 11.8. The third-order valence-corrected chi connectivity index (χ3v) is 5.40. The summed E-state index contributed by atoms with van der Waals surface area (Å²) in [5, 5.41) is 8.06. The van der Waals surface area contributed by atoms with Gasteiger partial charge in [0.05, 0.1) is 18.3 Å². The number of amides is 1. The fourth-order valence-corrected chi connectivity index (χ4v) is 3.91. The van der Waals surface area contributed by atoms with Gasteiger partial charge in [0, 0.05) is 13.0 Å². The zero-order valence-electron chi connectivity index (χ0n) is 12.5. The zero-order chi connectivity index (χ0) is 16.1. The number of alkyl carbamates (subject to hydrolysis) is 1. The Kier molecular flexibility index (Phi) is 3.33. The summed E-state index contributed by atoms with van der Waals surface area (Å²) in [4.78, 5) is 13.5. The van der Waals surface area contributed by atoms with Gasteiger partial charge < -0.3 is 15.0 Å². The van der Waals surface area contributed by atoms with Crippen molar-refractivity contribution in [1.82, 2.24) is 5.32 Å². The molecule has 7 nitrogen and oxygen atoms in total. The number of nitrogens with zero attached hydrogens (tertiary/aromatic N) is 1. The van der Waals surface area contributed by atoms with Gasteiger partial charge in [-0.2, -0.15) is 0 Å². The van der Waals surface area contributed by atoms with Gasteiger partial charge in [-0.25, -0.2) is 18.4 Å². The maximum atomic E-state index is 11.8. The molecule has 3 rings (SSSR count). The minimum absolute atomic E-state index is 0.0973. The SMILES string of the molecule is Cc1ccc(S(N)(=O)=O)c(N2CCC3(C2)OC(=O)NC3C)c1. The van der Waals surface area contributed by atoms with E-state index in [1.807, 2.05) is 18.7 Å². The molecule has 1 spiro atoms. The normalized spacial score (nSPS) is 28.0. The van der Waals surface area contributed by atoms with E-state index in [0.29, 0.717) is 25.2 Å². The first-order chi connectivity index (χ1) is 10.2. The molecule has 2 heterocycles. The number of ether oxygens (including phenoxy) is 1. The van der Waals surface area contributed by atoms with E-state index in [4.69, 9.17) is 9.88 Å². The van der Waals surface area contributed by atoms with Gasteiger partial charge in [-0.15, -0.1) is 0 Å². The van der Waals surface area contributed by atoms with Crippen LogP contribution in [0.25, 0.3) is 0 Å². The molecule has 8 heteroatoms. The van der Waals surface area contributed by atoms with Crippen molar-refractivity contribution in [3.8, 4) is 0 Å². The highest BCUT2D eigenvalue weighted by atomic mass is 32.2. The van der Waals surface area contributed by atoms with Crippen molar-refractivity contribution in [2.45, 2.75) is 36.8 Å². The van der Waals surface area contributed by atoms with E-state index in [0.717, 1.165) is 5.56 Å². The fourth-order valence-electron chi connectivity index (χ4n) is 3.17. The van der Waals surface area contributed by atoms with E-state index in [-0.39, 0.29) is 10.9 Å². The second kappa shape index (κ2) is 4.85. The van der Waals surface area contributed by atoms with Crippen molar-refractivity contribution >= 4 is 21.8 Å². The van der Waals surface area contributed by atoms with Crippen LogP contribution in [-0.2, 0) is 14.8 Å². The summed E-state index contributed by atoms with van der Waals surface area (Å²) < 4.78 is 29.1. The predicted molar refractivity (Wildman–Crippen MR) is 81.2 cm³/mol. The second-order valence-corrected chi connectivity index (χ2v) is 7.54. The fraction of sp³-hybridized carbons (Fsp3) is 0.500. The van der Waals surface area contributed by atoms with Crippen LogP contribution in [-0.4, -0.2) is 39.2 Å². The number of rotatable bonds is 2. The lowest BCUT2D eigenvalue weighted by Crippen LogP contribution is -2.44. The van der Waals surface area contributed by atoms with Gasteiger partial charge in [-0.1, -0.05) is 6.07 Å². The number of carbonyl (C=O) groups is 1. The van der Waals surface area contributed by atoms with Gasteiger partial charge in [0.2, 0.25) is 10.0 Å². The van der Waals surface area contributed by atoms with Crippen LogP contribution in [0, 0.1) is 6.92 Å². The van der Waals surface area contributed by atoms with E-state index in [9.17, 15) is 13.2 Å². The number of primary sulfonamides is 1. The third kappa shape index (κ3) is 2.42. The van der Waals surface area contributed by atoms with Crippen LogP contribution >= 0.6 is 0 Å². The Morgan fingerprint density at radius 3 is 2.77 bits per heavy atom. The Hall–Kier alpha value is -1.80.